The van der Waals surface area contributed by atoms with E-state index in [1.807, 2.05) is 6.92 Å². The van der Waals surface area contributed by atoms with Gasteiger partial charge in [0, 0.05) is 12.7 Å². The summed E-state index contributed by atoms with van der Waals surface area (Å²) in [7, 11) is 0. The number of hydrogen-bond donors (Lipinski definition) is 2. The van der Waals surface area contributed by atoms with Gasteiger partial charge in [0.25, 0.3) is 5.56 Å². The fourth-order valence-electron chi connectivity index (χ4n) is 1.23. The van der Waals surface area contributed by atoms with Gasteiger partial charge in [0.2, 0.25) is 5.91 Å². The van der Waals surface area contributed by atoms with Crippen molar-refractivity contribution in [1.82, 2.24) is 14.9 Å². The minimum absolute atomic E-state index is 0.221. The second-order valence-electron chi connectivity index (χ2n) is 3.54. The van der Waals surface area contributed by atoms with Gasteiger partial charge in [0.15, 0.2) is 0 Å². The Hall–Kier alpha value is -1.37. The Kier molecular flexibility index (Phi) is 5.14. The molecule has 0 fully saturated rings. The first-order valence-electron chi connectivity index (χ1n) is 5.31. The maximum atomic E-state index is 11.6. The molecule has 7 heteroatoms. The van der Waals surface area contributed by atoms with Crippen molar-refractivity contribution in [2.45, 2.75) is 26.3 Å². The maximum Gasteiger partial charge on any atom is 0.328 e. The first-order chi connectivity index (χ1) is 8.06. The van der Waals surface area contributed by atoms with Crippen molar-refractivity contribution in [3.63, 3.8) is 0 Å². The molecule has 1 rings (SSSR count). The van der Waals surface area contributed by atoms with Crippen molar-refractivity contribution >= 4 is 21.8 Å². The average Bonchev–Trinajstić information content (AvgIpc) is 2.30. The van der Waals surface area contributed by atoms with Gasteiger partial charge in [0.05, 0.1) is 4.47 Å². The summed E-state index contributed by atoms with van der Waals surface area (Å²) < 4.78 is 1.07. The fourth-order valence-corrected chi connectivity index (χ4v) is 1.56. The number of carbonyl (C=O) groups is 1. The highest BCUT2D eigenvalue weighted by molar-refractivity contribution is 9.10. The molecular weight excluding hydrogens is 290 g/mol. The van der Waals surface area contributed by atoms with Crippen LogP contribution in [0.5, 0.6) is 0 Å². The molecule has 0 saturated heterocycles. The molecule has 0 unspecified atom stereocenters. The van der Waals surface area contributed by atoms with Crippen molar-refractivity contribution < 1.29 is 4.79 Å². The van der Waals surface area contributed by atoms with Gasteiger partial charge in [-0.3, -0.25) is 9.59 Å². The molecule has 94 valence electrons. The summed E-state index contributed by atoms with van der Waals surface area (Å²) in [5, 5.41) is 2.64. The van der Waals surface area contributed by atoms with Crippen molar-refractivity contribution in [1.29, 1.82) is 0 Å². The number of carbonyl (C=O) groups excluding carboxylic acids is 1. The molecule has 0 aliphatic rings. The predicted molar refractivity (Wildman–Crippen MR) is 66.9 cm³/mol. The SMILES string of the molecule is CCCCNC(=O)Cn1c(=O)[nH]cc(Br)c1=O. The van der Waals surface area contributed by atoms with Gasteiger partial charge in [0.1, 0.15) is 6.54 Å². The van der Waals surface area contributed by atoms with Gasteiger partial charge >= 0.3 is 5.69 Å². The molecular formula is C10H14BrN3O3. The van der Waals surface area contributed by atoms with Crippen LogP contribution in [-0.2, 0) is 11.3 Å². The number of aromatic amines is 1. The first kappa shape index (κ1) is 13.7. The number of nitrogens with one attached hydrogen (secondary N) is 2. The second kappa shape index (κ2) is 6.39. The van der Waals surface area contributed by atoms with E-state index < -0.39 is 11.2 Å². The highest BCUT2D eigenvalue weighted by atomic mass is 79.9. The number of aromatic nitrogens is 2. The summed E-state index contributed by atoms with van der Waals surface area (Å²) in [5.74, 6) is -0.343. The van der Waals surface area contributed by atoms with Crippen LogP contribution < -0.4 is 16.6 Å². The van der Waals surface area contributed by atoms with E-state index in [1.54, 1.807) is 0 Å². The number of unbranched alkanes of at least 4 members (excludes halogenated alkanes) is 1. The third-order valence-corrected chi connectivity index (χ3v) is 2.74. The molecule has 1 aromatic rings. The third kappa shape index (κ3) is 3.85. The number of hydrogen-bond acceptors (Lipinski definition) is 3. The Balaban J connectivity index is 2.75. The number of halogens is 1. The highest BCUT2D eigenvalue weighted by Crippen LogP contribution is 1.95. The largest absolute Gasteiger partial charge is 0.355 e. The van der Waals surface area contributed by atoms with Gasteiger partial charge in [-0.15, -0.1) is 0 Å². The van der Waals surface area contributed by atoms with Crippen LogP contribution in [0.25, 0.3) is 0 Å². The van der Waals surface area contributed by atoms with Crippen LogP contribution in [0.4, 0.5) is 0 Å². The number of nitrogens with zero attached hydrogens (tertiary/aromatic N) is 1. The van der Waals surface area contributed by atoms with Crippen LogP contribution in [0.2, 0.25) is 0 Å². The highest BCUT2D eigenvalue weighted by Gasteiger charge is 2.09. The summed E-state index contributed by atoms with van der Waals surface area (Å²) in [6, 6.07) is 0. The van der Waals surface area contributed by atoms with Gasteiger partial charge < -0.3 is 10.3 Å². The van der Waals surface area contributed by atoms with Crippen molar-refractivity contribution in [3.8, 4) is 0 Å². The van der Waals surface area contributed by atoms with E-state index in [2.05, 4.69) is 26.2 Å². The zero-order chi connectivity index (χ0) is 12.8. The molecule has 0 atom stereocenters. The normalized spacial score (nSPS) is 10.2. The predicted octanol–water partition coefficient (Wildman–Crippen LogP) is 0.215. The standard InChI is InChI=1S/C10H14BrN3O3/c1-2-3-4-12-8(15)6-14-9(16)7(11)5-13-10(14)17/h5H,2-4,6H2,1H3,(H,12,15)(H,13,17). The van der Waals surface area contributed by atoms with Gasteiger partial charge in [-0.05, 0) is 22.4 Å². The van der Waals surface area contributed by atoms with E-state index >= 15 is 0 Å². The zero-order valence-electron chi connectivity index (χ0n) is 9.46. The minimum Gasteiger partial charge on any atom is -0.355 e. The lowest BCUT2D eigenvalue weighted by molar-refractivity contribution is -0.121. The number of rotatable bonds is 5. The van der Waals surface area contributed by atoms with Crippen LogP contribution >= 0.6 is 15.9 Å². The van der Waals surface area contributed by atoms with Crippen molar-refractivity contribution in [3.05, 3.63) is 31.5 Å². The lowest BCUT2D eigenvalue weighted by atomic mass is 10.3. The Bertz CT molecular complexity index is 506. The van der Waals surface area contributed by atoms with E-state index in [-0.39, 0.29) is 16.9 Å². The lowest BCUT2D eigenvalue weighted by Crippen LogP contribution is -2.40. The van der Waals surface area contributed by atoms with E-state index in [1.165, 1.54) is 6.20 Å². The Morgan fingerprint density at radius 1 is 1.53 bits per heavy atom. The molecule has 0 radical (unpaired) electrons. The summed E-state index contributed by atoms with van der Waals surface area (Å²) in [4.78, 5) is 36.8. The second-order valence-corrected chi connectivity index (χ2v) is 4.39. The zero-order valence-corrected chi connectivity index (χ0v) is 11.0. The molecule has 6 nitrogen and oxygen atoms in total. The number of amides is 1. The van der Waals surface area contributed by atoms with Crippen molar-refractivity contribution in [2.24, 2.45) is 0 Å². The summed E-state index contributed by atoms with van der Waals surface area (Å²) in [6.45, 7) is 2.29. The van der Waals surface area contributed by atoms with Crippen LogP contribution in [0.3, 0.4) is 0 Å². The van der Waals surface area contributed by atoms with Crippen LogP contribution in [0.1, 0.15) is 19.8 Å². The molecule has 0 aliphatic carbocycles. The average molecular weight is 304 g/mol. The van der Waals surface area contributed by atoms with Crippen molar-refractivity contribution in [2.75, 3.05) is 6.54 Å². The molecule has 0 aromatic carbocycles. The molecule has 2 N–H and O–H groups in total. The van der Waals surface area contributed by atoms with E-state index in [0.29, 0.717) is 6.54 Å². The molecule has 0 aliphatic heterocycles. The van der Waals surface area contributed by atoms with Gasteiger partial charge in [-0.25, -0.2) is 9.36 Å². The van der Waals surface area contributed by atoms with Crippen LogP contribution in [0, 0.1) is 0 Å². The Morgan fingerprint density at radius 2 is 2.24 bits per heavy atom. The fraction of sp³-hybridized carbons (Fsp3) is 0.500. The van der Waals surface area contributed by atoms with Crippen LogP contribution in [0.15, 0.2) is 20.3 Å². The Morgan fingerprint density at radius 3 is 2.88 bits per heavy atom. The molecule has 0 spiro atoms. The Labute approximate surface area is 106 Å². The maximum absolute atomic E-state index is 11.6. The first-order valence-corrected chi connectivity index (χ1v) is 6.10. The molecule has 1 heterocycles. The van der Waals surface area contributed by atoms with Crippen LogP contribution in [-0.4, -0.2) is 22.0 Å². The summed E-state index contributed by atoms with van der Waals surface area (Å²) in [6.07, 6.45) is 3.10. The molecule has 1 aromatic heterocycles. The van der Waals surface area contributed by atoms with E-state index in [9.17, 15) is 14.4 Å². The quantitative estimate of drug-likeness (QED) is 0.763. The lowest BCUT2D eigenvalue weighted by Gasteiger charge is -2.05. The monoisotopic (exact) mass is 303 g/mol. The van der Waals surface area contributed by atoms with E-state index in [0.717, 1.165) is 17.4 Å². The molecule has 0 saturated carbocycles. The number of H-pyrrole nitrogens is 1. The summed E-state index contributed by atoms with van der Waals surface area (Å²) >= 11 is 3.00. The summed E-state index contributed by atoms with van der Waals surface area (Å²) in [5.41, 5.74) is -1.11. The molecule has 1 amide bonds. The van der Waals surface area contributed by atoms with E-state index in [4.69, 9.17) is 0 Å². The minimum atomic E-state index is -0.594. The van der Waals surface area contributed by atoms with Gasteiger partial charge in [-0.1, -0.05) is 13.3 Å². The van der Waals surface area contributed by atoms with Gasteiger partial charge in [-0.2, -0.15) is 0 Å². The molecule has 17 heavy (non-hydrogen) atoms. The smallest absolute Gasteiger partial charge is 0.328 e. The third-order valence-electron chi connectivity index (χ3n) is 2.17. The topological polar surface area (TPSA) is 84.0 Å². The molecule has 0 bridgehead atoms.